The molecule has 3 heterocycles. The molecule has 0 aliphatic rings. The molecule has 0 spiro atoms. The maximum absolute atomic E-state index is 12.3. The molecule has 132 valence electrons. The van der Waals surface area contributed by atoms with Gasteiger partial charge in [-0.1, -0.05) is 5.16 Å². The number of aromatic nitrogens is 3. The fourth-order valence-corrected chi connectivity index (χ4v) is 2.59. The van der Waals surface area contributed by atoms with E-state index in [0.717, 1.165) is 17.0 Å². The van der Waals surface area contributed by atoms with E-state index in [1.807, 2.05) is 25.6 Å². The van der Waals surface area contributed by atoms with Gasteiger partial charge in [0.2, 0.25) is 5.76 Å². The quantitative estimate of drug-likeness (QED) is 0.769. The van der Waals surface area contributed by atoms with Crippen molar-refractivity contribution >= 4 is 6.03 Å². The minimum atomic E-state index is -0.190. The first-order valence-corrected chi connectivity index (χ1v) is 7.93. The summed E-state index contributed by atoms with van der Waals surface area (Å²) in [7, 11) is 3.64. The van der Waals surface area contributed by atoms with Crippen LogP contribution in [-0.4, -0.2) is 32.9 Å². The lowest BCUT2D eigenvalue weighted by Gasteiger charge is -2.17. The molecule has 1 N–H and O–H groups in total. The van der Waals surface area contributed by atoms with Gasteiger partial charge >= 0.3 is 6.03 Å². The van der Waals surface area contributed by atoms with Gasteiger partial charge in [-0.25, -0.2) is 4.79 Å². The Kier molecular flexibility index (Phi) is 4.60. The molecule has 2 amide bonds. The first-order valence-electron chi connectivity index (χ1n) is 7.93. The molecule has 8 nitrogen and oxygen atoms in total. The number of hydrogen-bond donors (Lipinski definition) is 1. The van der Waals surface area contributed by atoms with Crippen LogP contribution in [0.5, 0.6) is 0 Å². The molecule has 3 aromatic heterocycles. The molecule has 0 saturated heterocycles. The second kappa shape index (κ2) is 6.84. The molecule has 0 aliphatic heterocycles. The van der Waals surface area contributed by atoms with Crippen molar-refractivity contribution in [3.8, 4) is 11.5 Å². The van der Waals surface area contributed by atoms with E-state index in [4.69, 9.17) is 8.94 Å². The van der Waals surface area contributed by atoms with E-state index in [-0.39, 0.29) is 12.6 Å². The number of carbonyl (C=O) groups is 1. The number of nitrogens with zero attached hydrogens (tertiary/aromatic N) is 4. The van der Waals surface area contributed by atoms with E-state index in [2.05, 4.69) is 15.6 Å². The van der Waals surface area contributed by atoms with Gasteiger partial charge in [0.25, 0.3) is 0 Å². The Labute approximate surface area is 145 Å². The Morgan fingerprint density at radius 2 is 2.16 bits per heavy atom. The standard InChI is InChI=1S/C17H21N5O3/c1-11-14(12(2)22(4)19-11)10-21(3)17(23)18-9-13-8-16(25-20-13)15-6-5-7-24-15/h5-8H,9-10H2,1-4H3,(H,18,23). The van der Waals surface area contributed by atoms with Crippen molar-refractivity contribution in [1.82, 2.24) is 25.2 Å². The SMILES string of the molecule is Cc1nn(C)c(C)c1CN(C)C(=O)NCc1cc(-c2ccco2)on1. The van der Waals surface area contributed by atoms with Crippen molar-refractivity contribution in [3.05, 3.63) is 47.1 Å². The molecule has 8 heteroatoms. The number of hydrogen-bond acceptors (Lipinski definition) is 5. The number of amides is 2. The minimum Gasteiger partial charge on any atom is -0.461 e. The molecule has 0 aliphatic carbocycles. The van der Waals surface area contributed by atoms with E-state index >= 15 is 0 Å². The first kappa shape index (κ1) is 16.8. The lowest BCUT2D eigenvalue weighted by Crippen LogP contribution is -2.36. The minimum absolute atomic E-state index is 0.190. The summed E-state index contributed by atoms with van der Waals surface area (Å²) in [5.41, 5.74) is 3.67. The van der Waals surface area contributed by atoms with Crippen LogP contribution in [0.1, 0.15) is 22.6 Å². The Morgan fingerprint density at radius 3 is 2.80 bits per heavy atom. The van der Waals surface area contributed by atoms with Crippen LogP contribution in [0.15, 0.2) is 33.4 Å². The highest BCUT2D eigenvalue weighted by Gasteiger charge is 2.16. The van der Waals surface area contributed by atoms with Gasteiger partial charge in [0, 0.05) is 31.4 Å². The number of carbonyl (C=O) groups excluding carboxylic acids is 1. The topological polar surface area (TPSA) is 89.3 Å². The lowest BCUT2D eigenvalue weighted by molar-refractivity contribution is 0.206. The van der Waals surface area contributed by atoms with E-state index in [0.29, 0.717) is 23.8 Å². The van der Waals surface area contributed by atoms with Crippen molar-refractivity contribution in [3.63, 3.8) is 0 Å². The Morgan fingerprint density at radius 1 is 1.36 bits per heavy atom. The molecule has 0 unspecified atom stereocenters. The lowest BCUT2D eigenvalue weighted by atomic mass is 10.2. The Hall–Kier alpha value is -3.03. The van der Waals surface area contributed by atoms with Crippen LogP contribution < -0.4 is 5.32 Å². The zero-order chi connectivity index (χ0) is 18.0. The highest BCUT2D eigenvalue weighted by molar-refractivity contribution is 5.73. The normalized spacial score (nSPS) is 10.9. The summed E-state index contributed by atoms with van der Waals surface area (Å²) in [6, 6.07) is 5.12. The molecular formula is C17H21N5O3. The van der Waals surface area contributed by atoms with Crippen LogP contribution in [0, 0.1) is 13.8 Å². The van der Waals surface area contributed by atoms with Crippen LogP contribution in [0.4, 0.5) is 4.79 Å². The van der Waals surface area contributed by atoms with Crippen LogP contribution in [0.2, 0.25) is 0 Å². The fourth-order valence-electron chi connectivity index (χ4n) is 2.59. The molecular weight excluding hydrogens is 322 g/mol. The predicted molar refractivity (Wildman–Crippen MR) is 90.6 cm³/mol. The number of rotatable bonds is 5. The number of nitrogens with one attached hydrogen (secondary N) is 1. The van der Waals surface area contributed by atoms with Crippen LogP contribution in [0.3, 0.4) is 0 Å². The van der Waals surface area contributed by atoms with Gasteiger partial charge in [0.1, 0.15) is 5.69 Å². The predicted octanol–water partition coefficient (Wildman–Crippen LogP) is 2.63. The second-order valence-corrected chi connectivity index (χ2v) is 5.95. The summed E-state index contributed by atoms with van der Waals surface area (Å²) in [4.78, 5) is 13.9. The van der Waals surface area contributed by atoms with E-state index in [1.165, 1.54) is 0 Å². The van der Waals surface area contributed by atoms with E-state index in [9.17, 15) is 4.79 Å². The molecule has 3 aromatic rings. The number of aryl methyl sites for hydroxylation is 2. The Bertz CT molecular complexity index is 863. The number of urea groups is 1. The summed E-state index contributed by atoms with van der Waals surface area (Å²) in [5.74, 6) is 1.13. The van der Waals surface area contributed by atoms with Crippen molar-refractivity contribution in [1.29, 1.82) is 0 Å². The van der Waals surface area contributed by atoms with Crippen LogP contribution in [0.25, 0.3) is 11.5 Å². The van der Waals surface area contributed by atoms with Gasteiger partial charge in [0.15, 0.2) is 5.76 Å². The maximum Gasteiger partial charge on any atom is 0.317 e. The smallest absolute Gasteiger partial charge is 0.317 e. The zero-order valence-electron chi connectivity index (χ0n) is 14.7. The maximum atomic E-state index is 12.3. The molecule has 0 fully saturated rings. The van der Waals surface area contributed by atoms with E-state index in [1.54, 1.807) is 36.4 Å². The zero-order valence-corrected chi connectivity index (χ0v) is 14.7. The summed E-state index contributed by atoms with van der Waals surface area (Å²) in [5, 5.41) is 11.1. The summed E-state index contributed by atoms with van der Waals surface area (Å²) in [6.07, 6.45) is 1.57. The van der Waals surface area contributed by atoms with Crippen molar-refractivity contribution in [2.24, 2.45) is 7.05 Å². The third-order valence-electron chi connectivity index (χ3n) is 4.14. The van der Waals surface area contributed by atoms with Gasteiger partial charge in [-0.15, -0.1) is 0 Å². The molecule has 0 bridgehead atoms. The highest BCUT2D eigenvalue weighted by atomic mass is 16.5. The van der Waals surface area contributed by atoms with Gasteiger partial charge in [-0.2, -0.15) is 5.10 Å². The average molecular weight is 343 g/mol. The summed E-state index contributed by atoms with van der Waals surface area (Å²) >= 11 is 0. The average Bonchev–Trinajstić information content (AvgIpc) is 3.30. The molecule has 25 heavy (non-hydrogen) atoms. The third kappa shape index (κ3) is 3.57. The van der Waals surface area contributed by atoms with Crippen molar-refractivity contribution in [2.45, 2.75) is 26.9 Å². The van der Waals surface area contributed by atoms with Crippen LogP contribution in [-0.2, 0) is 20.1 Å². The third-order valence-corrected chi connectivity index (χ3v) is 4.14. The van der Waals surface area contributed by atoms with Gasteiger partial charge in [-0.05, 0) is 26.0 Å². The summed E-state index contributed by atoms with van der Waals surface area (Å²) < 4.78 is 12.3. The molecule has 0 radical (unpaired) electrons. The molecule has 0 aromatic carbocycles. The molecule has 3 rings (SSSR count). The first-order chi connectivity index (χ1) is 12.0. The summed E-state index contributed by atoms with van der Waals surface area (Å²) in [6.45, 7) is 4.71. The molecule has 0 atom stereocenters. The Balaban J connectivity index is 1.57. The van der Waals surface area contributed by atoms with Crippen molar-refractivity contribution < 1.29 is 13.7 Å². The molecule has 0 saturated carbocycles. The van der Waals surface area contributed by atoms with E-state index < -0.39 is 0 Å². The van der Waals surface area contributed by atoms with Gasteiger partial charge < -0.3 is 19.2 Å². The fraction of sp³-hybridized carbons (Fsp3) is 0.353. The monoisotopic (exact) mass is 343 g/mol. The van der Waals surface area contributed by atoms with Gasteiger partial charge in [-0.3, -0.25) is 4.68 Å². The van der Waals surface area contributed by atoms with Crippen molar-refractivity contribution in [2.75, 3.05) is 7.05 Å². The second-order valence-electron chi connectivity index (χ2n) is 5.95. The number of furan rings is 1. The highest BCUT2D eigenvalue weighted by Crippen LogP contribution is 2.20. The largest absolute Gasteiger partial charge is 0.461 e. The van der Waals surface area contributed by atoms with Crippen LogP contribution >= 0.6 is 0 Å². The van der Waals surface area contributed by atoms with Gasteiger partial charge in [0.05, 0.1) is 25.0 Å².